The van der Waals surface area contributed by atoms with Crippen molar-refractivity contribution in [2.75, 3.05) is 4.90 Å². The number of Topliss-reactive ketones (excluding diaryl/α,β-unsaturated/α-hetero) is 1. The Bertz CT molecular complexity index is 1750. The van der Waals surface area contributed by atoms with E-state index in [9.17, 15) is 50.6 Å². The van der Waals surface area contributed by atoms with Gasteiger partial charge >= 0.3 is 12.4 Å². The maximum Gasteiger partial charge on any atom is 0.416 e. The zero-order valence-electron chi connectivity index (χ0n) is 22.5. The Hall–Kier alpha value is -4.19. The third kappa shape index (κ3) is 4.58. The number of hydrogen-bond donors (Lipinski definition) is 1. The summed E-state index contributed by atoms with van der Waals surface area (Å²) < 4.78 is 81.5. The van der Waals surface area contributed by atoms with Gasteiger partial charge in [-0.3, -0.25) is 19.2 Å². The van der Waals surface area contributed by atoms with Crippen molar-refractivity contribution >= 4 is 40.7 Å². The first-order valence-corrected chi connectivity index (χ1v) is 13.7. The minimum atomic E-state index is -5.20. The minimum absolute atomic E-state index is 0.0528. The third-order valence-corrected chi connectivity index (χ3v) is 9.02. The SMILES string of the molecule is CC1=CC(=O)C2=C(C1=O)[C@@H](c1ccc(O)cc1Cl)C1=CC[C@@H]3C(=O)N(c4cc(C(F)(F)F)cc(C(F)(F)F)c4)C(=O)[C@@H]3[C@@H]1C2. The third-order valence-electron chi connectivity index (χ3n) is 8.69. The van der Waals surface area contributed by atoms with Gasteiger partial charge in [-0.1, -0.05) is 29.3 Å². The predicted octanol–water partition coefficient (Wildman–Crippen LogP) is 6.72. The van der Waals surface area contributed by atoms with E-state index in [0.29, 0.717) is 28.2 Å². The van der Waals surface area contributed by atoms with Crippen molar-refractivity contribution in [3.8, 4) is 5.75 Å². The highest BCUT2D eigenvalue weighted by Gasteiger charge is 2.57. The number of carbonyl (C=O) groups excluding carboxylic acids is 4. The molecule has 2 amide bonds. The van der Waals surface area contributed by atoms with Crippen molar-refractivity contribution in [2.24, 2.45) is 17.8 Å². The number of anilines is 1. The van der Waals surface area contributed by atoms with Gasteiger partial charge in [0.25, 0.3) is 0 Å². The van der Waals surface area contributed by atoms with Crippen molar-refractivity contribution in [2.45, 2.75) is 38.0 Å². The number of nitrogens with zero attached hydrogens (tertiary/aromatic N) is 1. The predicted molar refractivity (Wildman–Crippen MR) is 143 cm³/mol. The lowest BCUT2D eigenvalue weighted by Crippen LogP contribution is -2.40. The van der Waals surface area contributed by atoms with Crippen LogP contribution in [-0.2, 0) is 31.5 Å². The smallest absolute Gasteiger partial charge is 0.416 e. The lowest BCUT2D eigenvalue weighted by Gasteiger charge is -2.42. The molecule has 1 fully saturated rings. The number of ketones is 2. The molecule has 6 rings (SSSR count). The number of phenols is 1. The fourth-order valence-electron chi connectivity index (χ4n) is 6.79. The summed E-state index contributed by atoms with van der Waals surface area (Å²) in [5.41, 5.74) is -3.04. The van der Waals surface area contributed by atoms with Crippen LogP contribution < -0.4 is 4.90 Å². The van der Waals surface area contributed by atoms with Crippen LogP contribution >= 0.6 is 11.6 Å². The van der Waals surface area contributed by atoms with Gasteiger partial charge < -0.3 is 5.11 Å². The number of alkyl halides is 6. The highest BCUT2D eigenvalue weighted by atomic mass is 35.5. The molecule has 0 unspecified atom stereocenters. The van der Waals surface area contributed by atoms with E-state index in [1.165, 1.54) is 25.1 Å². The number of halogens is 7. The number of carbonyl (C=O) groups is 4. The normalized spacial score (nSPS) is 25.5. The largest absolute Gasteiger partial charge is 0.508 e. The van der Waals surface area contributed by atoms with Gasteiger partial charge in [-0.2, -0.15) is 26.3 Å². The van der Waals surface area contributed by atoms with Crippen molar-refractivity contribution in [3.63, 3.8) is 0 Å². The molecule has 1 aliphatic heterocycles. The molecule has 3 aliphatic carbocycles. The molecule has 2 aromatic carbocycles. The average Bonchev–Trinajstić information content (AvgIpc) is 3.19. The second kappa shape index (κ2) is 9.91. The molecule has 44 heavy (non-hydrogen) atoms. The summed E-state index contributed by atoms with van der Waals surface area (Å²) in [6.07, 6.45) is -7.89. The maximum absolute atomic E-state index is 13.9. The number of amides is 2. The van der Waals surface area contributed by atoms with Gasteiger partial charge in [0.05, 0.1) is 28.7 Å². The second-order valence-electron chi connectivity index (χ2n) is 11.2. The first kappa shape index (κ1) is 29.9. The van der Waals surface area contributed by atoms with E-state index < -0.39 is 76.2 Å². The molecule has 0 bridgehead atoms. The Kier molecular flexibility index (Phi) is 6.73. The number of allylic oxidation sites excluding steroid dienone is 6. The van der Waals surface area contributed by atoms with Crippen LogP contribution in [-0.4, -0.2) is 28.5 Å². The summed E-state index contributed by atoms with van der Waals surface area (Å²) >= 11 is 6.48. The zero-order valence-corrected chi connectivity index (χ0v) is 23.3. The van der Waals surface area contributed by atoms with Crippen molar-refractivity contribution < 1.29 is 50.6 Å². The van der Waals surface area contributed by atoms with E-state index >= 15 is 0 Å². The molecule has 0 radical (unpaired) electrons. The van der Waals surface area contributed by atoms with Crippen molar-refractivity contribution in [1.29, 1.82) is 0 Å². The number of fused-ring (bicyclic) bond motifs is 3. The summed E-state index contributed by atoms with van der Waals surface area (Å²) in [7, 11) is 0. The van der Waals surface area contributed by atoms with Crippen molar-refractivity contribution in [3.05, 3.63) is 92.6 Å². The molecule has 4 atom stereocenters. The van der Waals surface area contributed by atoms with Crippen LogP contribution in [0, 0.1) is 17.8 Å². The highest BCUT2D eigenvalue weighted by molar-refractivity contribution is 6.32. The molecule has 6 nitrogen and oxygen atoms in total. The Morgan fingerprint density at radius 1 is 0.886 bits per heavy atom. The van der Waals surface area contributed by atoms with Crippen LogP contribution in [0.5, 0.6) is 5.75 Å². The van der Waals surface area contributed by atoms with E-state index in [4.69, 9.17) is 11.6 Å². The number of rotatable bonds is 2. The van der Waals surface area contributed by atoms with Gasteiger partial charge in [-0.25, -0.2) is 4.90 Å². The standard InChI is InChI=1S/C31H20ClF6NO5/c1-12-6-23(41)21-11-20-17(24(26(21)27(12)42)18-3-2-16(40)10-22(18)32)4-5-19-25(20)29(44)39(28(19)43)15-8-13(30(33,34)35)7-14(9-15)31(36,37)38/h2-4,6-10,19-20,24-25,40H,5,11H2,1H3/t19-,20+,24+,25-/m0/s1. The van der Waals surface area contributed by atoms with Gasteiger partial charge in [0.1, 0.15) is 5.75 Å². The van der Waals surface area contributed by atoms with Crippen LogP contribution in [0.3, 0.4) is 0 Å². The van der Waals surface area contributed by atoms with Gasteiger partial charge in [0.2, 0.25) is 11.8 Å². The molecule has 0 spiro atoms. The fourth-order valence-corrected chi connectivity index (χ4v) is 7.07. The molecular weight excluding hydrogens is 616 g/mol. The highest BCUT2D eigenvalue weighted by Crippen LogP contribution is 2.56. The fraction of sp³-hybridized carbons (Fsp3) is 0.290. The summed E-state index contributed by atoms with van der Waals surface area (Å²) in [6, 6.07) is 4.59. The summed E-state index contributed by atoms with van der Waals surface area (Å²) in [5, 5.41) is 9.98. The monoisotopic (exact) mass is 635 g/mol. The number of aromatic hydroxyl groups is 1. The van der Waals surface area contributed by atoms with E-state index in [0.717, 1.165) is 6.08 Å². The van der Waals surface area contributed by atoms with E-state index in [1.54, 1.807) is 6.08 Å². The number of phenolic OH excluding ortho intramolecular Hbond substituents is 1. The van der Waals surface area contributed by atoms with E-state index in [-0.39, 0.29) is 46.4 Å². The molecule has 1 N–H and O–H groups in total. The average molecular weight is 636 g/mol. The van der Waals surface area contributed by atoms with Gasteiger partial charge in [-0.15, -0.1) is 0 Å². The zero-order chi connectivity index (χ0) is 32.0. The number of imide groups is 1. The molecule has 1 saturated heterocycles. The van der Waals surface area contributed by atoms with E-state index in [2.05, 4.69) is 0 Å². The Labute approximate surface area is 250 Å². The minimum Gasteiger partial charge on any atom is -0.508 e. The molecule has 0 aromatic heterocycles. The molecule has 0 saturated carbocycles. The van der Waals surface area contributed by atoms with Gasteiger partial charge in [-0.05, 0) is 67.7 Å². The molecule has 13 heteroatoms. The molecule has 228 valence electrons. The first-order chi connectivity index (χ1) is 20.5. The van der Waals surface area contributed by atoms with Crippen LogP contribution in [0.1, 0.15) is 42.4 Å². The summed E-state index contributed by atoms with van der Waals surface area (Å²) in [4.78, 5) is 54.5. The topological polar surface area (TPSA) is 91.8 Å². The van der Waals surface area contributed by atoms with Crippen molar-refractivity contribution in [1.82, 2.24) is 0 Å². The van der Waals surface area contributed by atoms with Crippen LogP contribution in [0.2, 0.25) is 5.02 Å². The van der Waals surface area contributed by atoms with Crippen LogP contribution in [0.15, 0.2) is 70.8 Å². The van der Waals surface area contributed by atoms with Crippen LogP contribution in [0.4, 0.5) is 32.0 Å². The lowest BCUT2D eigenvalue weighted by molar-refractivity contribution is -0.143. The summed E-state index contributed by atoms with van der Waals surface area (Å²) in [5.74, 6) is -7.33. The molecule has 1 heterocycles. The van der Waals surface area contributed by atoms with E-state index in [1.807, 2.05) is 0 Å². The lowest BCUT2D eigenvalue weighted by atomic mass is 9.59. The Balaban J connectivity index is 1.48. The molecule has 4 aliphatic rings. The number of benzene rings is 2. The number of hydrogen-bond acceptors (Lipinski definition) is 5. The molecular formula is C31H20ClF6NO5. The van der Waals surface area contributed by atoms with Crippen LogP contribution in [0.25, 0.3) is 0 Å². The second-order valence-corrected chi connectivity index (χ2v) is 11.6. The van der Waals surface area contributed by atoms with Gasteiger partial charge in [0, 0.05) is 27.7 Å². The van der Waals surface area contributed by atoms with Gasteiger partial charge in [0.15, 0.2) is 11.6 Å². The Morgan fingerprint density at radius 3 is 2.11 bits per heavy atom. The Morgan fingerprint density at radius 2 is 1.52 bits per heavy atom. The first-order valence-electron chi connectivity index (χ1n) is 13.3. The quantitative estimate of drug-likeness (QED) is 0.171. The molecule has 2 aromatic rings. The summed E-state index contributed by atoms with van der Waals surface area (Å²) in [6.45, 7) is 1.47. The maximum atomic E-state index is 13.9.